The minimum Gasteiger partial charge on any atom is -0.493 e. The summed E-state index contributed by atoms with van der Waals surface area (Å²) in [7, 11) is 1.62. The van der Waals surface area contributed by atoms with Gasteiger partial charge in [0.15, 0.2) is 16.5 Å². The summed E-state index contributed by atoms with van der Waals surface area (Å²) in [5.74, 6) is 1.79. The third-order valence-electron chi connectivity index (χ3n) is 3.55. The zero-order valence-corrected chi connectivity index (χ0v) is 15.2. The van der Waals surface area contributed by atoms with E-state index in [-0.39, 0.29) is 5.56 Å². The van der Waals surface area contributed by atoms with Crippen LogP contribution >= 0.6 is 11.3 Å². The van der Waals surface area contributed by atoms with Crippen LogP contribution in [0.25, 0.3) is 17.1 Å². The molecule has 5 nitrogen and oxygen atoms in total. The van der Waals surface area contributed by atoms with E-state index < -0.39 is 0 Å². The number of hydrogen-bond acceptors (Lipinski definition) is 5. The molecule has 0 radical (unpaired) electrons. The molecule has 3 aromatic rings. The Bertz CT molecular complexity index is 957. The van der Waals surface area contributed by atoms with Gasteiger partial charge in [0.25, 0.3) is 5.56 Å². The smallest absolute Gasteiger partial charge is 0.259 e. The van der Waals surface area contributed by atoms with Crippen LogP contribution in [0.5, 0.6) is 11.5 Å². The van der Waals surface area contributed by atoms with E-state index in [2.05, 4.69) is 18.8 Å². The van der Waals surface area contributed by atoms with Crippen LogP contribution < -0.4 is 15.0 Å². The van der Waals surface area contributed by atoms with Gasteiger partial charge in [-0.25, -0.2) is 4.98 Å². The Morgan fingerprint density at radius 2 is 2.16 bits per heavy atom. The quantitative estimate of drug-likeness (QED) is 0.671. The van der Waals surface area contributed by atoms with Crippen LogP contribution in [0.15, 0.2) is 40.6 Å². The molecule has 3 rings (SSSR count). The topological polar surface area (TPSA) is 52.8 Å². The van der Waals surface area contributed by atoms with E-state index in [0.717, 1.165) is 5.56 Å². The van der Waals surface area contributed by atoms with Crippen molar-refractivity contribution in [2.45, 2.75) is 13.8 Å². The maximum Gasteiger partial charge on any atom is 0.259 e. The SMILES string of the molecule is COc1cccc(C=Cc2cc(=O)n3ccsc3n2)c1OCC(C)C. The third kappa shape index (κ3) is 3.91. The molecule has 2 aromatic heterocycles. The fourth-order valence-electron chi connectivity index (χ4n) is 2.35. The van der Waals surface area contributed by atoms with Crippen molar-refractivity contribution >= 4 is 28.4 Å². The van der Waals surface area contributed by atoms with E-state index in [9.17, 15) is 4.79 Å². The Morgan fingerprint density at radius 1 is 1.32 bits per heavy atom. The summed E-state index contributed by atoms with van der Waals surface area (Å²) in [6.45, 7) is 4.79. The highest BCUT2D eigenvalue weighted by Crippen LogP contribution is 2.32. The van der Waals surface area contributed by atoms with Gasteiger partial charge < -0.3 is 9.47 Å². The predicted octanol–water partition coefficient (Wildman–Crippen LogP) is 3.97. The molecular formula is C19H20N2O3S. The number of nitrogens with zero attached hydrogens (tertiary/aromatic N) is 2. The maximum absolute atomic E-state index is 12.1. The van der Waals surface area contributed by atoms with Gasteiger partial charge in [0.2, 0.25) is 0 Å². The highest BCUT2D eigenvalue weighted by Gasteiger charge is 2.10. The molecule has 0 unspecified atom stereocenters. The lowest BCUT2D eigenvalue weighted by atomic mass is 10.1. The van der Waals surface area contributed by atoms with Crippen LogP contribution in [0.4, 0.5) is 0 Å². The number of hydrogen-bond donors (Lipinski definition) is 0. The number of para-hydroxylation sites is 1. The molecule has 130 valence electrons. The van der Waals surface area contributed by atoms with E-state index >= 15 is 0 Å². The second kappa shape index (κ2) is 7.53. The monoisotopic (exact) mass is 356 g/mol. The first kappa shape index (κ1) is 17.2. The minimum absolute atomic E-state index is 0.0900. The molecule has 0 aliphatic rings. The molecular weight excluding hydrogens is 336 g/mol. The highest BCUT2D eigenvalue weighted by molar-refractivity contribution is 7.15. The number of thiazole rings is 1. The first-order valence-electron chi connectivity index (χ1n) is 8.03. The van der Waals surface area contributed by atoms with Gasteiger partial charge in [0.1, 0.15) is 0 Å². The lowest BCUT2D eigenvalue weighted by molar-refractivity contribution is 0.256. The Balaban J connectivity index is 1.95. The summed E-state index contributed by atoms with van der Waals surface area (Å²) in [6.07, 6.45) is 5.44. The van der Waals surface area contributed by atoms with Gasteiger partial charge >= 0.3 is 0 Å². The minimum atomic E-state index is -0.0900. The van der Waals surface area contributed by atoms with E-state index in [1.165, 1.54) is 21.8 Å². The summed E-state index contributed by atoms with van der Waals surface area (Å²) in [5.41, 5.74) is 1.41. The molecule has 0 fully saturated rings. The molecule has 0 N–H and O–H groups in total. The van der Waals surface area contributed by atoms with Crippen LogP contribution in [-0.4, -0.2) is 23.1 Å². The number of benzene rings is 1. The van der Waals surface area contributed by atoms with Gasteiger partial charge in [-0.3, -0.25) is 9.20 Å². The van der Waals surface area contributed by atoms with Crippen LogP contribution in [0, 0.1) is 5.92 Å². The van der Waals surface area contributed by atoms with Crippen molar-refractivity contribution < 1.29 is 9.47 Å². The fraction of sp³-hybridized carbons (Fsp3) is 0.263. The molecule has 0 saturated heterocycles. The molecule has 25 heavy (non-hydrogen) atoms. The van der Waals surface area contributed by atoms with Gasteiger partial charge in [-0.05, 0) is 24.1 Å². The van der Waals surface area contributed by atoms with E-state index in [4.69, 9.17) is 9.47 Å². The summed E-state index contributed by atoms with van der Waals surface area (Å²) in [5, 5.41) is 1.84. The normalized spacial score (nSPS) is 11.5. The van der Waals surface area contributed by atoms with Gasteiger partial charge in [-0.15, -0.1) is 11.3 Å². The molecule has 2 heterocycles. The van der Waals surface area contributed by atoms with Crippen molar-refractivity contribution in [1.29, 1.82) is 0 Å². The van der Waals surface area contributed by atoms with Crippen LogP contribution in [-0.2, 0) is 0 Å². The molecule has 6 heteroatoms. The molecule has 0 saturated carbocycles. The second-order valence-corrected chi connectivity index (χ2v) is 6.86. The second-order valence-electron chi connectivity index (χ2n) is 5.99. The van der Waals surface area contributed by atoms with Crippen molar-refractivity contribution in [1.82, 2.24) is 9.38 Å². The predicted molar refractivity (Wildman–Crippen MR) is 102 cm³/mol. The van der Waals surface area contributed by atoms with Crippen LogP contribution in [0.3, 0.4) is 0 Å². The first-order chi connectivity index (χ1) is 12.1. The lowest BCUT2D eigenvalue weighted by Crippen LogP contribution is -2.11. The zero-order valence-electron chi connectivity index (χ0n) is 14.4. The van der Waals surface area contributed by atoms with Gasteiger partial charge in [-0.2, -0.15) is 0 Å². The van der Waals surface area contributed by atoms with Crippen LogP contribution in [0.1, 0.15) is 25.1 Å². The summed E-state index contributed by atoms with van der Waals surface area (Å²) in [6, 6.07) is 7.25. The number of ether oxygens (including phenoxy) is 2. The van der Waals surface area contributed by atoms with Crippen molar-refractivity contribution in [2.24, 2.45) is 5.92 Å². The Morgan fingerprint density at radius 3 is 2.92 bits per heavy atom. The largest absolute Gasteiger partial charge is 0.493 e. The van der Waals surface area contributed by atoms with E-state index in [0.29, 0.717) is 34.7 Å². The maximum atomic E-state index is 12.1. The highest BCUT2D eigenvalue weighted by atomic mass is 32.1. The molecule has 0 bridgehead atoms. The van der Waals surface area contributed by atoms with Crippen molar-refractivity contribution in [3.05, 3.63) is 57.5 Å². The summed E-state index contributed by atoms with van der Waals surface area (Å²) in [4.78, 5) is 17.2. The third-order valence-corrected chi connectivity index (χ3v) is 4.30. The number of methoxy groups -OCH3 is 1. The molecule has 0 amide bonds. The number of fused-ring (bicyclic) bond motifs is 1. The summed E-state index contributed by atoms with van der Waals surface area (Å²) >= 11 is 1.43. The molecule has 0 atom stereocenters. The molecule has 1 aromatic carbocycles. The number of aromatic nitrogens is 2. The first-order valence-corrected chi connectivity index (χ1v) is 8.91. The van der Waals surface area contributed by atoms with Gasteiger partial charge in [0.05, 0.1) is 19.4 Å². The van der Waals surface area contributed by atoms with Crippen LogP contribution in [0.2, 0.25) is 0 Å². The molecule has 0 spiro atoms. The Kier molecular flexibility index (Phi) is 5.19. The average Bonchev–Trinajstić information content (AvgIpc) is 3.07. The van der Waals surface area contributed by atoms with Crippen molar-refractivity contribution in [3.8, 4) is 11.5 Å². The Hall–Kier alpha value is -2.60. The molecule has 0 aliphatic carbocycles. The molecule has 0 aliphatic heterocycles. The van der Waals surface area contributed by atoms with E-state index in [1.807, 2.05) is 35.7 Å². The Labute approximate surface area is 150 Å². The average molecular weight is 356 g/mol. The summed E-state index contributed by atoms with van der Waals surface area (Å²) < 4.78 is 12.9. The standard InChI is InChI=1S/C19H20N2O3S/c1-13(2)12-24-18-14(5-4-6-16(18)23-3)7-8-15-11-17(22)21-9-10-25-19(21)20-15/h4-11,13H,12H2,1-3H3. The van der Waals surface area contributed by atoms with E-state index in [1.54, 1.807) is 13.3 Å². The fourth-order valence-corrected chi connectivity index (χ4v) is 3.08. The van der Waals surface area contributed by atoms with Crippen molar-refractivity contribution in [3.63, 3.8) is 0 Å². The zero-order chi connectivity index (χ0) is 17.8. The van der Waals surface area contributed by atoms with Gasteiger partial charge in [0, 0.05) is 23.2 Å². The van der Waals surface area contributed by atoms with Crippen molar-refractivity contribution in [2.75, 3.05) is 13.7 Å². The number of rotatable bonds is 6. The lowest BCUT2D eigenvalue weighted by Gasteiger charge is -2.14. The van der Waals surface area contributed by atoms with Gasteiger partial charge in [-0.1, -0.05) is 26.0 Å².